The van der Waals surface area contributed by atoms with Crippen molar-refractivity contribution in [2.45, 2.75) is 26.7 Å². The van der Waals surface area contributed by atoms with Crippen molar-refractivity contribution in [3.8, 4) is 0 Å². The maximum atomic E-state index is 12.2. The maximum Gasteiger partial charge on any atom is 0.252 e. The van der Waals surface area contributed by atoms with Crippen LogP contribution in [-0.2, 0) is 0 Å². The third-order valence-corrected chi connectivity index (χ3v) is 4.82. The topological polar surface area (TPSA) is 55.1 Å². The quantitative estimate of drug-likeness (QED) is 0.832. The lowest BCUT2D eigenvalue weighted by Crippen LogP contribution is -2.32. The second kappa shape index (κ2) is 5.22. The van der Waals surface area contributed by atoms with Gasteiger partial charge in [0, 0.05) is 12.2 Å². The van der Waals surface area contributed by atoms with Crippen molar-refractivity contribution in [1.82, 2.24) is 5.32 Å². The number of hydrogen-bond acceptors (Lipinski definition) is 2. The fourth-order valence-corrected chi connectivity index (χ4v) is 2.67. The minimum atomic E-state index is -0.217. The molecule has 0 heterocycles. The van der Waals surface area contributed by atoms with Crippen molar-refractivity contribution in [1.29, 1.82) is 0 Å². The summed E-state index contributed by atoms with van der Waals surface area (Å²) in [7, 11) is 0. The van der Waals surface area contributed by atoms with Crippen LogP contribution in [0.1, 0.15) is 37.0 Å². The van der Waals surface area contributed by atoms with Crippen LogP contribution in [0.3, 0.4) is 0 Å². The van der Waals surface area contributed by atoms with Crippen molar-refractivity contribution in [2.24, 2.45) is 11.3 Å². The highest BCUT2D eigenvalue weighted by molar-refractivity contribution is 6.44. The Morgan fingerprint density at radius 3 is 2.58 bits per heavy atom. The summed E-state index contributed by atoms with van der Waals surface area (Å²) in [4.78, 5) is 12.2. The van der Waals surface area contributed by atoms with Gasteiger partial charge in [-0.3, -0.25) is 4.79 Å². The number of anilines is 1. The van der Waals surface area contributed by atoms with Crippen LogP contribution in [0.15, 0.2) is 12.1 Å². The summed E-state index contributed by atoms with van der Waals surface area (Å²) in [5.41, 5.74) is 6.72. The van der Waals surface area contributed by atoms with Crippen LogP contribution in [0.5, 0.6) is 0 Å². The van der Waals surface area contributed by atoms with E-state index >= 15 is 0 Å². The number of rotatable bonds is 4. The van der Waals surface area contributed by atoms with E-state index in [1.807, 2.05) is 0 Å². The molecule has 1 aliphatic rings. The molecule has 5 heteroatoms. The zero-order valence-electron chi connectivity index (χ0n) is 11.1. The number of nitrogen functional groups attached to an aromatic ring is 1. The van der Waals surface area contributed by atoms with E-state index in [1.165, 1.54) is 6.07 Å². The minimum Gasteiger partial charge on any atom is -0.399 e. The molecule has 1 aromatic carbocycles. The number of amides is 1. The van der Waals surface area contributed by atoms with Crippen molar-refractivity contribution in [2.75, 3.05) is 12.3 Å². The van der Waals surface area contributed by atoms with Crippen LogP contribution < -0.4 is 11.1 Å². The molecule has 1 fully saturated rings. The van der Waals surface area contributed by atoms with Crippen LogP contribution in [0.25, 0.3) is 0 Å². The zero-order valence-corrected chi connectivity index (χ0v) is 12.6. The fraction of sp³-hybridized carbons (Fsp3) is 0.500. The molecule has 1 amide bonds. The highest BCUT2D eigenvalue weighted by Crippen LogP contribution is 2.51. The Kier molecular flexibility index (Phi) is 3.98. The second-order valence-corrected chi connectivity index (χ2v) is 6.35. The smallest absolute Gasteiger partial charge is 0.252 e. The fourth-order valence-electron chi connectivity index (χ4n) is 2.25. The normalized spacial score (nSPS) is 16.5. The van der Waals surface area contributed by atoms with Gasteiger partial charge in [-0.15, -0.1) is 0 Å². The molecule has 104 valence electrons. The maximum absolute atomic E-state index is 12.2. The lowest BCUT2D eigenvalue weighted by Gasteiger charge is -2.20. The SMILES string of the molecule is CC(C)C1(CNC(=O)c2cc(N)cc(Cl)c2Cl)CC1. The van der Waals surface area contributed by atoms with E-state index in [9.17, 15) is 4.79 Å². The van der Waals surface area contributed by atoms with Gasteiger partial charge < -0.3 is 11.1 Å². The first-order chi connectivity index (χ1) is 8.85. The molecule has 0 atom stereocenters. The first-order valence-corrected chi connectivity index (χ1v) is 7.14. The monoisotopic (exact) mass is 300 g/mol. The molecule has 0 aliphatic heterocycles. The molecule has 1 saturated carbocycles. The van der Waals surface area contributed by atoms with Gasteiger partial charge in [0.2, 0.25) is 0 Å². The molecule has 0 aromatic heterocycles. The van der Waals surface area contributed by atoms with Crippen molar-refractivity contribution >= 4 is 34.8 Å². The highest BCUT2D eigenvalue weighted by atomic mass is 35.5. The van der Waals surface area contributed by atoms with Crippen LogP contribution in [-0.4, -0.2) is 12.5 Å². The van der Waals surface area contributed by atoms with E-state index < -0.39 is 0 Å². The standard InChI is InChI=1S/C14H18Cl2N2O/c1-8(2)14(3-4-14)7-18-13(19)10-5-9(17)6-11(15)12(10)16/h5-6,8H,3-4,7,17H2,1-2H3,(H,18,19). The summed E-state index contributed by atoms with van der Waals surface area (Å²) < 4.78 is 0. The number of carbonyl (C=O) groups excluding carboxylic acids is 1. The molecule has 3 N–H and O–H groups in total. The average Bonchev–Trinajstić information content (AvgIpc) is 3.12. The molecule has 2 rings (SSSR count). The summed E-state index contributed by atoms with van der Waals surface area (Å²) in [5.74, 6) is 0.346. The molecular formula is C14H18Cl2N2O. The number of hydrogen-bond donors (Lipinski definition) is 2. The highest BCUT2D eigenvalue weighted by Gasteiger charge is 2.45. The van der Waals surface area contributed by atoms with E-state index in [-0.39, 0.29) is 16.3 Å². The number of carbonyl (C=O) groups is 1. The molecule has 1 aliphatic carbocycles. The lowest BCUT2D eigenvalue weighted by atomic mass is 9.92. The molecular weight excluding hydrogens is 283 g/mol. The largest absolute Gasteiger partial charge is 0.399 e. The molecule has 0 bridgehead atoms. The van der Waals surface area contributed by atoms with Gasteiger partial charge in [-0.2, -0.15) is 0 Å². The Hall–Kier alpha value is -0.930. The molecule has 19 heavy (non-hydrogen) atoms. The van der Waals surface area contributed by atoms with Crippen LogP contribution >= 0.6 is 23.2 Å². The van der Waals surface area contributed by atoms with Gasteiger partial charge in [-0.05, 0) is 36.3 Å². The van der Waals surface area contributed by atoms with Crippen molar-refractivity contribution in [3.05, 3.63) is 27.7 Å². The molecule has 0 radical (unpaired) electrons. The van der Waals surface area contributed by atoms with E-state index in [2.05, 4.69) is 19.2 Å². The second-order valence-electron chi connectivity index (χ2n) is 5.56. The number of halogens is 2. The summed E-state index contributed by atoms with van der Waals surface area (Å²) >= 11 is 12.0. The Morgan fingerprint density at radius 1 is 1.42 bits per heavy atom. The number of nitrogens with one attached hydrogen (secondary N) is 1. The summed E-state index contributed by atoms with van der Waals surface area (Å²) in [5, 5.41) is 3.50. The van der Waals surface area contributed by atoms with Gasteiger partial charge in [0.05, 0.1) is 15.6 Å². The van der Waals surface area contributed by atoms with Crippen LogP contribution in [0, 0.1) is 11.3 Å². The van der Waals surface area contributed by atoms with Gasteiger partial charge in [0.15, 0.2) is 0 Å². The average molecular weight is 301 g/mol. The summed E-state index contributed by atoms with van der Waals surface area (Å²) in [6.45, 7) is 5.04. The molecule has 3 nitrogen and oxygen atoms in total. The van der Waals surface area contributed by atoms with Crippen molar-refractivity contribution in [3.63, 3.8) is 0 Å². The minimum absolute atomic E-state index is 0.217. The molecule has 0 spiro atoms. The van der Waals surface area contributed by atoms with Gasteiger partial charge >= 0.3 is 0 Å². The predicted molar refractivity (Wildman–Crippen MR) is 79.7 cm³/mol. The van der Waals surface area contributed by atoms with Crippen LogP contribution in [0.4, 0.5) is 5.69 Å². The van der Waals surface area contributed by atoms with E-state index in [0.29, 0.717) is 28.7 Å². The summed E-state index contributed by atoms with van der Waals surface area (Å²) in [6, 6.07) is 3.09. The van der Waals surface area contributed by atoms with Crippen molar-refractivity contribution < 1.29 is 4.79 Å². The summed E-state index contributed by atoms with van der Waals surface area (Å²) in [6.07, 6.45) is 2.33. The number of nitrogens with two attached hydrogens (primary N) is 1. The third-order valence-electron chi connectivity index (χ3n) is 4.01. The van der Waals surface area contributed by atoms with Gasteiger partial charge in [0.25, 0.3) is 5.91 Å². The third kappa shape index (κ3) is 2.98. The molecule has 0 unspecified atom stereocenters. The Morgan fingerprint density at radius 2 is 2.05 bits per heavy atom. The first-order valence-electron chi connectivity index (χ1n) is 6.38. The van der Waals surface area contributed by atoms with E-state index in [4.69, 9.17) is 28.9 Å². The first kappa shape index (κ1) is 14.5. The van der Waals surface area contributed by atoms with Gasteiger partial charge in [-0.25, -0.2) is 0 Å². The predicted octanol–water partition coefficient (Wildman–Crippen LogP) is 3.74. The number of benzene rings is 1. The zero-order chi connectivity index (χ0) is 14.2. The Labute approximate surface area is 123 Å². The molecule has 0 saturated heterocycles. The van der Waals surface area contributed by atoms with Crippen LogP contribution in [0.2, 0.25) is 10.0 Å². The van der Waals surface area contributed by atoms with Gasteiger partial charge in [0.1, 0.15) is 0 Å². The molecule has 1 aromatic rings. The van der Waals surface area contributed by atoms with Gasteiger partial charge in [-0.1, -0.05) is 37.0 Å². The van der Waals surface area contributed by atoms with E-state index in [1.54, 1.807) is 6.07 Å². The lowest BCUT2D eigenvalue weighted by molar-refractivity contribution is 0.0940. The van der Waals surface area contributed by atoms with E-state index in [0.717, 1.165) is 12.8 Å². The Balaban J connectivity index is 2.09. The Bertz CT molecular complexity index is 510.